The molecular formula is C17H27BrN2O. The number of nitrogen functional groups attached to an aromatic ring is 1. The van der Waals surface area contributed by atoms with Crippen LogP contribution in [0.2, 0.25) is 0 Å². The molecule has 0 aliphatic carbocycles. The van der Waals surface area contributed by atoms with Crippen molar-refractivity contribution in [3.8, 4) is 0 Å². The number of hydrogen-bond acceptors (Lipinski definition) is 2. The number of hydrogen-bond donors (Lipinski definition) is 1. The SMILES string of the molecule is CC(C)CCN(CCC(C)C)C(=O)c1cc(N)ccc1Br. The van der Waals surface area contributed by atoms with Gasteiger partial charge in [-0.1, -0.05) is 27.7 Å². The lowest BCUT2D eigenvalue weighted by Gasteiger charge is -2.25. The summed E-state index contributed by atoms with van der Waals surface area (Å²) in [4.78, 5) is 14.7. The quantitative estimate of drug-likeness (QED) is 0.729. The third-order valence-corrected chi connectivity index (χ3v) is 4.15. The van der Waals surface area contributed by atoms with Crippen molar-refractivity contribution in [3.63, 3.8) is 0 Å². The van der Waals surface area contributed by atoms with Gasteiger partial charge in [0.2, 0.25) is 0 Å². The molecule has 0 saturated carbocycles. The Kier molecular flexibility index (Phi) is 7.23. The zero-order valence-electron chi connectivity index (χ0n) is 13.5. The third-order valence-electron chi connectivity index (χ3n) is 3.46. The van der Waals surface area contributed by atoms with Crippen molar-refractivity contribution in [3.05, 3.63) is 28.2 Å². The van der Waals surface area contributed by atoms with Crippen molar-refractivity contribution < 1.29 is 4.79 Å². The molecule has 4 heteroatoms. The highest BCUT2D eigenvalue weighted by Gasteiger charge is 2.19. The first-order chi connectivity index (χ1) is 9.81. The zero-order chi connectivity index (χ0) is 16.0. The minimum atomic E-state index is 0.0653. The van der Waals surface area contributed by atoms with Crippen LogP contribution in [0.15, 0.2) is 22.7 Å². The van der Waals surface area contributed by atoms with Crippen LogP contribution in [0.1, 0.15) is 50.9 Å². The van der Waals surface area contributed by atoms with E-state index in [2.05, 4.69) is 43.6 Å². The summed E-state index contributed by atoms with van der Waals surface area (Å²) in [5.41, 5.74) is 7.09. The predicted molar refractivity (Wildman–Crippen MR) is 93.4 cm³/mol. The highest BCUT2D eigenvalue weighted by molar-refractivity contribution is 9.10. The number of carbonyl (C=O) groups is 1. The molecule has 21 heavy (non-hydrogen) atoms. The number of halogens is 1. The van der Waals surface area contributed by atoms with Crippen molar-refractivity contribution in [2.24, 2.45) is 11.8 Å². The summed E-state index contributed by atoms with van der Waals surface area (Å²) in [5.74, 6) is 1.24. The molecule has 0 atom stereocenters. The Balaban J connectivity index is 2.89. The predicted octanol–water partition coefficient (Wildman–Crippen LogP) is 4.57. The summed E-state index contributed by atoms with van der Waals surface area (Å²) in [6, 6.07) is 5.39. The Hall–Kier alpha value is -1.03. The first kappa shape index (κ1) is 18.0. The van der Waals surface area contributed by atoms with Crippen LogP contribution in [-0.4, -0.2) is 23.9 Å². The van der Waals surface area contributed by atoms with Crippen LogP contribution in [0.3, 0.4) is 0 Å². The number of carbonyl (C=O) groups excluding carboxylic acids is 1. The average molecular weight is 355 g/mol. The standard InChI is InChI=1S/C17H27BrN2O/c1-12(2)7-9-20(10-8-13(3)4)17(21)15-11-14(19)5-6-16(15)18/h5-6,11-13H,7-10,19H2,1-4H3. The van der Waals surface area contributed by atoms with Crippen molar-refractivity contribution in [2.75, 3.05) is 18.8 Å². The maximum Gasteiger partial charge on any atom is 0.255 e. The van der Waals surface area contributed by atoms with E-state index in [9.17, 15) is 4.79 Å². The van der Waals surface area contributed by atoms with E-state index in [1.807, 2.05) is 11.0 Å². The number of benzene rings is 1. The van der Waals surface area contributed by atoms with Gasteiger partial charge in [-0.3, -0.25) is 4.79 Å². The molecule has 1 aromatic carbocycles. The minimum Gasteiger partial charge on any atom is -0.399 e. The molecule has 1 amide bonds. The Morgan fingerprint density at radius 1 is 1.14 bits per heavy atom. The smallest absolute Gasteiger partial charge is 0.255 e. The van der Waals surface area contributed by atoms with Gasteiger partial charge in [-0.2, -0.15) is 0 Å². The van der Waals surface area contributed by atoms with Crippen LogP contribution in [0, 0.1) is 11.8 Å². The molecule has 118 valence electrons. The van der Waals surface area contributed by atoms with Crippen LogP contribution in [0.4, 0.5) is 5.69 Å². The van der Waals surface area contributed by atoms with Crippen molar-refractivity contribution in [1.82, 2.24) is 4.90 Å². The number of nitrogens with zero attached hydrogens (tertiary/aromatic N) is 1. The summed E-state index contributed by atoms with van der Waals surface area (Å²) >= 11 is 3.46. The largest absolute Gasteiger partial charge is 0.399 e. The highest BCUT2D eigenvalue weighted by Crippen LogP contribution is 2.22. The topological polar surface area (TPSA) is 46.3 Å². The van der Waals surface area contributed by atoms with Crippen molar-refractivity contribution in [1.29, 1.82) is 0 Å². The van der Waals surface area contributed by atoms with Crippen molar-refractivity contribution >= 4 is 27.5 Å². The molecule has 0 aromatic heterocycles. The minimum absolute atomic E-state index is 0.0653. The molecule has 1 rings (SSSR count). The van der Waals surface area contributed by atoms with Gasteiger partial charge in [0.05, 0.1) is 5.56 Å². The fourth-order valence-corrected chi connectivity index (χ4v) is 2.44. The van der Waals surface area contributed by atoms with E-state index in [4.69, 9.17) is 5.73 Å². The molecule has 0 aliphatic heterocycles. The number of nitrogens with two attached hydrogens (primary N) is 1. The average Bonchev–Trinajstić information content (AvgIpc) is 2.40. The second-order valence-electron chi connectivity index (χ2n) is 6.40. The maximum absolute atomic E-state index is 12.8. The van der Waals surface area contributed by atoms with Crippen molar-refractivity contribution in [2.45, 2.75) is 40.5 Å². The first-order valence-corrected chi connectivity index (χ1v) is 8.44. The highest BCUT2D eigenvalue weighted by atomic mass is 79.9. The molecule has 0 heterocycles. The lowest BCUT2D eigenvalue weighted by molar-refractivity contribution is 0.0740. The van der Waals surface area contributed by atoms with E-state index in [0.29, 0.717) is 23.1 Å². The monoisotopic (exact) mass is 354 g/mol. The van der Waals surface area contributed by atoms with Crippen LogP contribution < -0.4 is 5.73 Å². The Labute approximate surface area is 137 Å². The Bertz CT molecular complexity index is 460. The molecule has 0 saturated heterocycles. The van der Waals surface area contributed by atoms with E-state index < -0.39 is 0 Å². The van der Waals surface area contributed by atoms with Crippen LogP contribution in [0.5, 0.6) is 0 Å². The van der Waals surface area contributed by atoms with E-state index in [1.54, 1.807) is 12.1 Å². The third kappa shape index (κ3) is 6.08. The second-order valence-corrected chi connectivity index (χ2v) is 7.25. The van der Waals surface area contributed by atoms with Gasteiger partial charge >= 0.3 is 0 Å². The first-order valence-electron chi connectivity index (χ1n) is 7.65. The van der Waals surface area contributed by atoms with E-state index in [0.717, 1.165) is 30.4 Å². The maximum atomic E-state index is 12.8. The molecule has 0 spiro atoms. The molecule has 0 unspecified atom stereocenters. The lowest BCUT2D eigenvalue weighted by Crippen LogP contribution is -2.34. The van der Waals surface area contributed by atoms with Gasteiger partial charge in [-0.15, -0.1) is 0 Å². The molecular weight excluding hydrogens is 328 g/mol. The van der Waals surface area contributed by atoms with Gasteiger partial charge in [-0.05, 0) is 58.8 Å². The van der Waals surface area contributed by atoms with Crippen LogP contribution in [-0.2, 0) is 0 Å². The molecule has 1 aromatic rings. The molecule has 0 fully saturated rings. The molecule has 2 N–H and O–H groups in total. The molecule has 0 radical (unpaired) electrons. The Morgan fingerprint density at radius 2 is 1.67 bits per heavy atom. The number of amides is 1. The summed E-state index contributed by atoms with van der Waals surface area (Å²) in [6.07, 6.45) is 2.04. The van der Waals surface area contributed by atoms with Gasteiger partial charge in [-0.25, -0.2) is 0 Å². The fraction of sp³-hybridized carbons (Fsp3) is 0.588. The second kappa shape index (κ2) is 8.42. The molecule has 3 nitrogen and oxygen atoms in total. The van der Waals surface area contributed by atoms with Gasteiger partial charge in [0, 0.05) is 23.2 Å². The summed E-state index contributed by atoms with van der Waals surface area (Å²) in [7, 11) is 0. The summed E-state index contributed by atoms with van der Waals surface area (Å²) in [5, 5.41) is 0. The normalized spacial score (nSPS) is 11.2. The summed E-state index contributed by atoms with van der Waals surface area (Å²) < 4.78 is 0.806. The fourth-order valence-electron chi connectivity index (χ4n) is 2.02. The number of rotatable bonds is 7. The van der Waals surface area contributed by atoms with E-state index in [-0.39, 0.29) is 5.91 Å². The van der Waals surface area contributed by atoms with Crippen LogP contribution >= 0.6 is 15.9 Å². The lowest BCUT2D eigenvalue weighted by atomic mass is 10.1. The van der Waals surface area contributed by atoms with E-state index in [1.165, 1.54) is 0 Å². The van der Waals surface area contributed by atoms with Gasteiger partial charge in [0.1, 0.15) is 0 Å². The van der Waals surface area contributed by atoms with Gasteiger partial charge in [0.25, 0.3) is 5.91 Å². The molecule has 0 bridgehead atoms. The van der Waals surface area contributed by atoms with Gasteiger partial charge in [0.15, 0.2) is 0 Å². The Morgan fingerprint density at radius 3 is 2.14 bits per heavy atom. The number of anilines is 1. The zero-order valence-corrected chi connectivity index (χ0v) is 15.1. The van der Waals surface area contributed by atoms with E-state index >= 15 is 0 Å². The van der Waals surface area contributed by atoms with Crippen LogP contribution in [0.25, 0.3) is 0 Å². The van der Waals surface area contributed by atoms with Gasteiger partial charge < -0.3 is 10.6 Å². The molecule has 0 aliphatic rings. The summed E-state index contributed by atoms with van der Waals surface area (Å²) in [6.45, 7) is 10.3.